The van der Waals surface area contributed by atoms with Gasteiger partial charge in [0.05, 0.1) is 20.8 Å². The van der Waals surface area contributed by atoms with Gasteiger partial charge in [-0.3, -0.25) is 4.52 Å². The van der Waals surface area contributed by atoms with Crippen LogP contribution in [-0.4, -0.2) is 42.8 Å². The summed E-state index contributed by atoms with van der Waals surface area (Å²) in [6.07, 6.45) is 0.886. The van der Waals surface area contributed by atoms with E-state index in [0.29, 0.717) is 41.6 Å². The minimum atomic E-state index is -4.55. The molecule has 164 valence electrons. The second-order valence-electron chi connectivity index (χ2n) is 6.79. The molecule has 2 aromatic rings. The molecular formula is C20H26NO8P. The third kappa shape index (κ3) is 8.11. The molecule has 0 fully saturated rings. The number of methoxy groups -OCH3 is 2. The van der Waals surface area contributed by atoms with E-state index in [0.717, 1.165) is 0 Å². The van der Waals surface area contributed by atoms with Crippen LogP contribution in [0.2, 0.25) is 0 Å². The molecule has 0 aliphatic rings. The summed E-state index contributed by atoms with van der Waals surface area (Å²) in [5, 5.41) is 0. The molecule has 10 heteroatoms. The van der Waals surface area contributed by atoms with E-state index < -0.39 is 13.4 Å². The molecule has 0 saturated heterocycles. The van der Waals surface area contributed by atoms with Crippen molar-refractivity contribution in [3.8, 4) is 29.1 Å². The molecule has 1 unspecified atom stereocenters. The first-order valence-electron chi connectivity index (χ1n) is 9.03. The molecule has 1 heterocycles. The van der Waals surface area contributed by atoms with Crippen molar-refractivity contribution in [1.29, 1.82) is 0 Å². The Labute approximate surface area is 175 Å². The highest BCUT2D eigenvalue weighted by atomic mass is 31.2. The summed E-state index contributed by atoms with van der Waals surface area (Å²) < 4.78 is 36.9. The molecule has 1 atom stereocenters. The lowest BCUT2D eigenvalue weighted by Gasteiger charge is -2.23. The Hall–Kier alpha value is -2.47. The van der Waals surface area contributed by atoms with Crippen molar-refractivity contribution >= 4 is 7.82 Å². The Morgan fingerprint density at radius 2 is 1.90 bits per heavy atom. The van der Waals surface area contributed by atoms with E-state index in [1.165, 1.54) is 0 Å². The largest absolute Gasteiger partial charge is 0.493 e. The number of phosphoric acid groups is 1. The summed E-state index contributed by atoms with van der Waals surface area (Å²) in [5.74, 6) is 8.66. The van der Waals surface area contributed by atoms with Gasteiger partial charge >= 0.3 is 7.82 Å². The molecule has 0 spiro atoms. The Bertz CT molecular complexity index is 938. The smallest absolute Gasteiger partial charge is 0.469 e. The summed E-state index contributed by atoms with van der Waals surface area (Å²) in [5.41, 5.74) is 5.09. The highest BCUT2D eigenvalue weighted by Crippen LogP contribution is 2.37. The van der Waals surface area contributed by atoms with Crippen LogP contribution in [0, 0.1) is 11.8 Å². The molecular weight excluding hydrogens is 413 g/mol. The van der Waals surface area contributed by atoms with Crippen molar-refractivity contribution in [3.05, 3.63) is 41.9 Å². The normalized spacial score (nSPS) is 13.1. The van der Waals surface area contributed by atoms with Gasteiger partial charge in [0.2, 0.25) is 0 Å². The van der Waals surface area contributed by atoms with E-state index in [1.807, 2.05) is 0 Å². The number of aryl methyl sites for hydroxylation is 1. The molecule has 2 rings (SSSR count). The molecule has 0 bridgehead atoms. The molecule has 1 aromatic heterocycles. The van der Waals surface area contributed by atoms with Gasteiger partial charge in [-0.25, -0.2) is 4.57 Å². The second kappa shape index (κ2) is 10.5. The van der Waals surface area contributed by atoms with E-state index >= 15 is 0 Å². The standard InChI is InChI=1S/C20H26NO8P/c1-20(21,14-28-30(22,23)24)11-10-16-7-6-15(29-16)5-4-12-27-17-8-9-18(25-2)19(13-17)26-3/h6-9,13H,10-12,14,21H2,1-3H3,(H2,22,23,24). The van der Waals surface area contributed by atoms with Crippen LogP contribution in [0.25, 0.3) is 0 Å². The van der Waals surface area contributed by atoms with Gasteiger partial charge in [-0.1, -0.05) is 5.92 Å². The topological polar surface area (TPSA) is 134 Å². The van der Waals surface area contributed by atoms with Gasteiger partial charge in [0.25, 0.3) is 0 Å². The summed E-state index contributed by atoms with van der Waals surface area (Å²) >= 11 is 0. The lowest BCUT2D eigenvalue weighted by atomic mass is 9.98. The zero-order valence-corrected chi connectivity index (χ0v) is 18.0. The predicted molar refractivity (Wildman–Crippen MR) is 110 cm³/mol. The molecule has 4 N–H and O–H groups in total. The first-order chi connectivity index (χ1) is 14.1. The van der Waals surface area contributed by atoms with Gasteiger partial charge in [0.1, 0.15) is 18.1 Å². The Morgan fingerprint density at radius 1 is 1.17 bits per heavy atom. The van der Waals surface area contributed by atoms with E-state index in [1.54, 1.807) is 51.5 Å². The Balaban J connectivity index is 1.84. The van der Waals surface area contributed by atoms with Gasteiger partial charge in [-0.05, 0) is 43.5 Å². The molecule has 30 heavy (non-hydrogen) atoms. The van der Waals surface area contributed by atoms with Crippen LogP contribution >= 0.6 is 7.82 Å². The maximum Gasteiger partial charge on any atom is 0.469 e. The third-order valence-corrected chi connectivity index (χ3v) is 4.51. The van der Waals surface area contributed by atoms with Crippen LogP contribution in [0.4, 0.5) is 0 Å². The van der Waals surface area contributed by atoms with Gasteiger partial charge in [0, 0.05) is 18.0 Å². The first kappa shape index (κ1) is 23.8. The summed E-state index contributed by atoms with van der Waals surface area (Å²) in [7, 11) is -1.44. The van der Waals surface area contributed by atoms with Crippen molar-refractivity contribution in [3.63, 3.8) is 0 Å². The monoisotopic (exact) mass is 439 g/mol. The van der Waals surface area contributed by atoms with Crippen LogP contribution in [-0.2, 0) is 15.5 Å². The molecule has 0 amide bonds. The van der Waals surface area contributed by atoms with E-state index in [2.05, 4.69) is 16.4 Å². The quantitative estimate of drug-likeness (QED) is 0.377. The number of furan rings is 1. The number of benzene rings is 1. The van der Waals surface area contributed by atoms with Crippen LogP contribution in [0.1, 0.15) is 24.9 Å². The molecule has 1 aromatic carbocycles. The van der Waals surface area contributed by atoms with Gasteiger partial charge < -0.3 is 34.1 Å². The number of phosphoric ester groups is 1. The van der Waals surface area contributed by atoms with Gasteiger partial charge in [-0.2, -0.15) is 0 Å². The van der Waals surface area contributed by atoms with Crippen LogP contribution in [0.3, 0.4) is 0 Å². The average molecular weight is 439 g/mol. The second-order valence-corrected chi connectivity index (χ2v) is 8.03. The van der Waals surface area contributed by atoms with Crippen LogP contribution in [0.15, 0.2) is 34.7 Å². The highest BCUT2D eigenvalue weighted by Gasteiger charge is 2.24. The minimum absolute atomic E-state index is 0.159. The number of rotatable bonds is 10. The minimum Gasteiger partial charge on any atom is -0.493 e. The predicted octanol–water partition coefficient (Wildman–Crippen LogP) is 2.49. The number of hydrogen-bond donors (Lipinski definition) is 3. The fourth-order valence-corrected chi connectivity index (χ4v) is 2.90. The van der Waals surface area contributed by atoms with Gasteiger partial charge in [0.15, 0.2) is 17.3 Å². The van der Waals surface area contributed by atoms with Crippen molar-refractivity contribution < 1.29 is 37.5 Å². The lowest BCUT2D eigenvalue weighted by Crippen LogP contribution is -2.41. The number of hydrogen-bond acceptors (Lipinski definition) is 7. The Morgan fingerprint density at radius 3 is 2.57 bits per heavy atom. The van der Waals surface area contributed by atoms with E-state index in [9.17, 15) is 4.57 Å². The van der Waals surface area contributed by atoms with Crippen molar-refractivity contribution in [1.82, 2.24) is 0 Å². The maximum atomic E-state index is 10.8. The average Bonchev–Trinajstić information content (AvgIpc) is 3.15. The fraction of sp³-hybridized carbons (Fsp3) is 0.400. The molecule has 9 nitrogen and oxygen atoms in total. The van der Waals surface area contributed by atoms with Crippen LogP contribution in [0.5, 0.6) is 17.2 Å². The van der Waals surface area contributed by atoms with Gasteiger partial charge in [-0.15, -0.1) is 0 Å². The SMILES string of the molecule is COc1ccc(OCC#Cc2ccc(CCC(C)(N)COP(=O)(O)O)o2)cc1OC. The van der Waals surface area contributed by atoms with Crippen LogP contribution < -0.4 is 19.9 Å². The van der Waals surface area contributed by atoms with E-state index in [4.69, 9.17) is 34.1 Å². The van der Waals surface area contributed by atoms with Crippen molar-refractivity contribution in [2.75, 3.05) is 27.4 Å². The van der Waals surface area contributed by atoms with Crippen molar-refractivity contribution in [2.45, 2.75) is 25.3 Å². The number of ether oxygens (including phenoxy) is 3. The molecule has 0 radical (unpaired) electrons. The van der Waals surface area contributed by atoms with Crippen molar-refractivity contribution in [2.24, 2.45) is 5.73 Å². The number of nitrogens with two attached hydrogens (primary N) is 1. The summed E-state index contributed by atoms with van der Waals surface area (Å²) in [6, 6.07) is 8.73. The third-order valence-electron chi connectivity index (χ3n) is 4.04. The highest BCUT2D eigenvalue weighted by molar-refractivity contribution is 7.46. The first-order valence-corrected chi connectivity index (χ1v) is 10.6. The summed E-state index contributed by atoms with van der Waals surface area (Å²) in [4.78, 5) is 17.5. The molecule has 0 saturated carbocycles. The molecule has 0 aliphatic heterocycles. The van der Waals surface area contributed by atoms with E-state index in [-0.39, 0.29) is 13.2 Å². The Kier molecular flexibility index (Phi) is 8.35. The summed E-state index contributed by atoms with van der Waals surface area (Å²) in [6.45, 7) is 1.54. The molecule has 0 aliphatic carbocycles. The fourth-order valence-electron chi connectivity index (χ4n) is 2.44. The zero-order chi connectivity index (χ0) is 22.2. The maximum absolute atomic E-state index is 10.8. The lowest BCUT2D eigenvalue weighted by molar-refractivity contribution is 0.154. The zero-order valence-electron chi connectivity index (χ0n) is 17.1.